The van der Waals surface area contributed by atoms with Crippen molar-refractivity contribution in [2.24, 2.45) is 0 Å². The number of non-ortho nitro benzene ring substituents is 1. The van der Waals surface area contributed by atoms with E-state index in [4.69, 9.17) is 0 Å². The van der Waals surface area contributed by atoms with Crippen LogP contribution in [0.2, 0.25) is 0 Å². The van der Waals surface area contributed by atoms with Crippen LogP contribution in [0.3, 0.4) is 0 Å². The number of nitro groups is 1. The van der Waals surface area contributed by atoms with Crippen molar-refractivity contribution in [3.05, 3.63) is 62.1 Å². The van der Waals surface area contributed by atoms with Crippen LogP contribution in [0.25, 0.3) is 5.69 Å². The summed E-state index contributed by atoms with van der Waals surface area (Å²) in [6, 6.07) is 6.66. The SMILES string of the molecule is CC(=O)c1c(O)cc(C)n(-c2ccc([N+](=O)[O-])cc2)c1=O. The quantitative estimate of drug-likeness (QED) is 0.528. The van der Waals surface area contributed by atoms with Gasteiger partial charge in [-0.2, -0.15) is 0 Å². The number of nitro benzene ring substituents is 1. The van der Waals surface area contributed by atoms with Gasteiger partial charge in [0.1, 0.15) is 11.3 Å². The fourth-order valence-corrected chi connectivity index (χ4v) is 2.09. The number of carbonyl (C=O) groups is 1. The summed E-state index contributed by atoms with van der Waals surface area (Å²) in [5, 5.41) is 20.3. The first-order valence-electron chi connectivity index (χ1n) is 6.04. The minimum absolute atomic E-state index is 0.102. The van der Waals surface area contributed by atoms with Crippen molar-refractivity contribution in [1.82, 2.24) is 4.57 Å². The number of hydrogen-bond acceptors (Lipinski definition) is 5. The average Bonchev–Trinajstić information content (AvgIpc) is 2.38. The highest BCUT2D eigenvalue weighted by Gasteiger charge is 2.17. The number of benzene rings is 1. The van der Waals surface area contributed by atoms with E-state index < -0.39 is 16.3 Å². The van der Waals surface area contributed by atoms with Gasteiger partial charge in [-0.3, -0.25) is 24.3 Å². The molecule has 0 saturated heterocycles. The van der Waals surface area contributed by atoms with Crippen LogP contribution >= 0.6 is 0 Å². The number of aryl methyl sites for hydroxylation is 1. The summed E-state index contributed by atoms with van der Waals surface area (Å²) >= 11 is 0. The average molecular weight is 288 g/mol. The molecule has 0 aliphatic carbocycles. The normalized spacial score (nSPS) is 10.4. The second-order valence-electron chi connectivity index (χ2n) is 4.52. The summed E-state index contributed by atoms with van der Waals surface area (Å²) in [7, 11) is 0. The number of hydrogen-bond donors (Lipinski definition) is 1. The van der Waals surface area contributed by atoms with Crippen LogP contribution in [-0.4, -0.2) is 20.4 Å². The standard InChI is InChI=1S/C14H12N2O5/c1-8-7-12(18)13(9(2)17)14(19)15(8)10-3-5-11(6-4-10)16(20)21/h3-7,18H,1-2H3. The predicted octanol–water partition coefficient (Wildman–Crippen LogP) is 1.96. The molecule has 1 aromatic carbocycles. The van der Waals surface area contributed by atoms with E-state index >= 15 is 0 Å². The summed E-state index contributed by atoms with van der Waals surface area (Å²) in [5.74, 6) is -0.920. The smallest absolute Gasteiger partial charge is 0.269 e. The first-order chi connectivity index (χ1) is 9.82. The highest BCUT2D eigenvalue weighted by Crippen LogP contribution is 2.20. The molecule has 0 bridgehead atoms. The van der Waals surface area contributed by atoms with Crippen molar-refractivity contribution in [2.75, 3.05) is 0 Å². The summed E-state index contributed by atoms with van der Waals surface area (Å²) < 4.78 is 1.22. The van der Waals surface area contributed by atoms with Crippen LogP contribution in [0.15, 0.2) is 35.1 Å². The maximum atomic E-state index is 12.3. The number of Topliss-reactive ketones (excluding diaryl/α,β-unsaturated/α-hetero) is 1. The highest BCUT2D eigenvalue weighted by atomic mass is 16.6. The Bertz CT molecular complexity index is 790. The molecule has 1 aromatic heterocycles. The van der Waals surface area contributed by atoms with E-state index in [0.29, 0.717) is 11.4 Å². The van der Waals surface area contributed by atoms with Gasteiger partial charge in [-0.1, -0.05) is 0 Å². The molecule has 21 heavy (non-hydrogen) atoms. The Morgan fingerprint density at radius 3 is 2.33 bits per heavy atom. The molecule has 0 aliphatic heterocycles. The zero-order valence-corrected chi connectivity index (χ0v) is 11.4. The molecular weight excluding hydrogens is 276 g/mol. The first kappa shape index (κ1) is 14.4. The molecule has 0 unspecified atom stereocenters. The van der Waals surface area contributed by atoms with Gasteiger partial charge in [0.2, 0.25) is 0 Å². The maximum absolute atomic E-state index is 12.3. The molecule has 0 aliphatic rings. The van der Waals surface area contributed by atoms with Crippen molar-refractivity contribution >= 4 is 11.5 Å². The van der Waals surface area contributed by atoms with Crippen LogP contribution in [0.1, 0.15) is 23.0 Å². The number of aromatic hydroxyl groups is 1. The lowest BCUT2D eigenvalue weighted by atomic mass is 10.1. The predicted molar refractivity (Wildman–Crippen MR) is 75.1 cm³/mol. The highest BCUT2D eigenvalue weighted by molar-refractivity contribution is 5.96. The molecule has 0 fully saturated rings. The van der Waals surface area contributed by atoms with Gasteiger partial charge >= 0.3 is 0 Å². The zero-order valence-electron chi connectivity index (χ0n) is 11.4. The molecule has 0 spiro atoms. The van der Waals surface area contributed by atoms with Gasteiger partial charge < -0.3 is 5.11 Å². The monoisotopic (exact) mass is 288 g/mol. The van der Waals surface area contributed by atoms with Crippen molar-refractivity contribution in [3.8, 4) is 11.4 Å². The molecule has 2 aromatic rings. The van der Waals surface area contributed by atoms with Gasteiger partial charge in [-0.05, 0) is 26.0 Å². The third kappa shape index (κ3) is 2.53. The molecule has 108 valence electrons. The largest absolute Gasteiger partial charge is 0.507 e. The zero-order chi connectivity index (χ0) is 15.7. The molecule has 1 N–H and O–H groups in total. The Labute approximate surface area is 119 Å². The minimum atomic E-state index is -0.658. The molecule has 0 atom stereocenters. The lowest BCUT2D eigenvalue weighted by Gasteiger charge is -2.12. The second-order valence-corrected chi connectivity index (χ2v) is 4.52. The van der Waals surface area contributed by atoms with Crippen LogP contribution in [-0.2, 0) is 0 Å². The van der Waals surface area contributed by atoms with Gasteiger partial charge in [0.15, 0.2) is 5.78 Å². The summed E-state index contributed by atoms with van der Waals surface area (Å²) in [4.78, 5) is 33.9. The Hall–Kier alpha value is -2.96. The minimum Gasteiger partial charge on any atom is -0.507 e. The maximum Gasteiger partial charge on any atom is 0.269 e. The van der Waals surface area contributed by atoms with E-state index in [0.717, 1.165) is 0 Å². The number of pyridine rings is 1. The Balaban J connectivity index is 2.69. The Morgan fingerprint density at radius 2 is 1.86 bits per heavy atom. The molecule has 1 heterocycles. The van der Waals surface area contributed by atoms with E-state index in [1.807, 2.05) is 0 Å². The van der Waals surface area contributed by atoms with Crippen molar-refractivity contribution in [2.45, 2.75) is 13.8 Å². The summed E-state index contributed by atoms with van der Waals surface area (Å²) in [6.45, 7) is 2.78. The van der Waals surface area contributed by atoms with Gasteiger partial charge in [0.25, 0.3) is 11.2 Å². The van der Waals surface area contributed by atoms with E-state index in [-0.39, 0.29) is 17.0 Å². The van der Waals surface area contributed by atoms with Gasteiger partial charge in [-0.15, -0.1) is 0 Å². The van der Waals surface area contributed by atoms with Crippen LogP contribution in [0, 0.1) is 17.0 Å². The summed E-state index contributed by atoms with van der Waals surface area (Å²) in [5.41, 5.74) is -0.273. The molecule has 7 heteroatoms. The number of aromatic nitrogens is 1. The number of rotatable bonds is 3. The first-order valence-corrected chi connectivity index (χ1v) is 6.04. The van der Waals surface area contributed by atoms with Crippen molar-refractivity contribution < 1.29 is 14.8 Å². The molecule has 0 saturated carbocycles. The van der Waals surface area contributed by atoms with Crippen molar-refractivity contribution in [3.63, 3.8) is 0 Å². The van der Waals surface area contributed by atoms with Crippen LogP contribution < -0.4 is 5.56 Å². The fraction of sp³-hybridized carbons (Fsp3) is 0.143. The number of ketones is 1. The van der Waals surface area contributed by atoms with E-state index in [1.165, 1.54) is 41.8 Å². The second kappa shape index (κ2) is 5.20. The third-order valence-corrected chi connectivity index (χ3v) is 3.04. The van der Waals surface area contributed by atoms with E-state index in [2.05, 4.69) is 0 Å². The molecule has 0 amide bonds. The van der Waals surface area contributed by atoms with Gasteiger partial charge in [0, 0.05) is 29.6 Å². The third-order valence-electron chi connectivity index (χ3n) is 3.04. The molecule has 7 nitrogen and oxygen atoms in total. The number of nitrogens with zero attached hydrogens (tertiary/aromatic N) is 2. The Kier molecular flexibility index (Phi) is 3.58. The van der Waals surface area contributed by atoms with Gasteiger partial charge in [0.05, 0.1) is 4.92 Å². The summed E-state index contributed by atoms with van der Waals surface area (Å²) in [6.07, 6.45) is 0. The van der Waals surface area contributed by atoms with Crippen LogP contribution in [0.4, 0.5) is 5.69 Å². The molecular formula is C14H12N2O5. The van der Waals surface area contributed by atoms with E-state index in [9.17, 15) is 24.8 Å². The lowest BCUT2D eigenvalue weighted by molar-refractivity contribution is -0.384. The van der Waals surface area contributed by atoms with E-state index in [1.54, 1.807) is 6.92 Å². The van der Waals surface area contributed by atoms with Crippen LogP contribution in [0.5, 0.6) is 5.75 Å². The molecule has 2 rings (SSSR count). The number of carbonyl (C=O) groups excluding carboxylic acids is 1. The molecule has 0 radical (unpaired) electrons. The Morgan fingerprint density at radius 1 is 1.29 bits per heavy atom. The topological polar surface area (TPSA) is 102 Å². The lowest BCUT2D eigenvalue weighted by Crippen LogP contribution is -2.26. The van der Waals surface area contributed by atoms with Crippen molar-refractivity contribution in [1.29, 1.82) is 0 Å². The van der Waals surface area contributed by atoms with Gasteiger partial charge in [-0.25, -0.2) is 0 Å². The fourth-order valence-electron chi connectivity index (χ4n) is 2.09.